The van der Waals surface area contributed by atoms with E-state index >= 15 is 0 Å². The predicted molar refractivity (Wildman–Crippen MR) is 83.9 cm³/mol. The van der Waals surface area contributed by atoms with Crippen LogP contribution in [0.4, 0.5) is 0 Å². The van der Waals surface area contributed by atoms with Gasteiger partial charge in [-0.15, -0.1) is 0 Å². The van der Waals surface area contributed by atoms with Crippen LogP contribution in [0.2, 0.25) is 0 Å². The molecule has 0 fully saturated rings. The van der Waals surface area contributed by atoms with E-state index in [0.29, 0.717) is 6.42 Å². The second kappa shape index (κ2) is 7.41. The summed E-state index contributed by atoms with van der Waals surface area (Å²) >= 11 is 3.34. The van der Waals surface area contributed by atoms with Crippen molar-refractivity contribution in [3.63, 3.8) is 0 Å². The van der Waals surface area contributed by atoms with Crippen molar-refractivity contribution in [2.24, 2.45) is 5.92 Å². The van der Waals surface area contributed by atoms with Gasteiger partial charge in [0, 0.05) is 16.8 Å². The summed E-state index contributed by atoms with van der Waals surface area (Å²) in [5.41, 5.74) is 0.884. The lowest BCUT2D eigenvalue weighted by molar-refractivity contribution is -0.142. The van der Waals surface area contributed by atoms with Gasteiger partial charge in [-0.25, -0.2) is 4.79 Å². The smallest absolute Gasteiger partial charge is 0.326 e. The molecule has 1 aliphatic rings. The molecule has 1 unspecified atom stereocenters. The van der Waals surface area contributed by atoms with Crippen LogP contribution in [0.25, 0.3) is 0 Å². The van der Waals surface area contributed by atoms with Gasteiger partial charge in [0.2, 0.25) is 5.91 Å². The molecule has 21 heavy (non-hydrogen) atoms. The number of halogens is 1. The van der Waals surface area contributed by atoms with Gasteiger partial charge in [0.05, 0.1) is 0 Å². The van der Waals surface area contributed by atoms with Crippen LogP contribution in [-0.4, -0.2) is 23.0 Å². The number of hydrogen-bond donors (Lipinski definition) is 2. The number of amides is 1. The van der Waals surface area contributed by atoms with Crippen LogP contribution in [-0.2, 0) is 16.0 Å². The Morgan fingerprint density at radius 3 is 2.57 bits per heavy atom. The Balaban J connectivity index is 1.98. The minimum absolute atomic E-state index is 0.109. The molecule has 0 aromatic heterocycles. The fourth-order valence-corrected chi connectivity index (χ4v) is 2.64. The van der Waals surface area contributed by atoms with Crippen molar-refractivity contribution in [2.75, 3.05) is 0 Å². The van der Waals surface area contributed by atoms with Crippen molar-refractivity contribution < 1.29 is 14.7 Å². The average Bonchev–Trinajstić information content (AvgIpc) is 2.49. The van der Waals surface area contributed by atoms with E-state index in [0.717, 1.165) is 22.9 Å². The molecule has 0 radical (unpaired) electrons. The third-order valence-electron chi connectivity index (χ3n) is 3.61. The Bertz CT molecular complexity index is 539. The highest BCUT2D eigenvalue weighted by Gasteiger charge is 2.25. The normalized spacial score (nSPS) is 19.0. The number of carboxylic acid groups (broad SMARTS) is 1. The van der Waals surface area contributed by atoms with Gasteiger partial charge in [-0.2, -0.15) is 0 Å². The van der Waals surface area contributed by atoms with Gasteiger partial charge in [-0.1, -0.05) is 40.2 Å². The molecule has 0 bridgehead atoms. The lowest BCUT2D eigenvalue weighted by Gasteiger charge is -2.21. The van der Waals surface area contributed by atoms with E-state index in [9.17, 15) is 14.7 Å². The summed E-state index contributed by atoms with van der Waals surface area (Å²) in [4.78, 5) is 23.5. The predicted octanol–water partition coefficient (Wildman–Crippen LogP) is 2.92. The molecule has 2 N–H and O–H groups in total. The highest BCUT2D eigenvalue weighted by atomic mass is 79.9. The lowest BCUT2D eigenvalue weighted by atomic mass is 9.93. The zero-order valence-electron chi connectivity index (χ0n) is 11.6. The second-order valence-electron chi connectivity index (χ2n) is 5.21. The second-order valence-corrected chi connectivity index (χ2v) is 6.13. The van der Waals surface area contributed by atoms with Crippen LogP contribution in [0.3, 0.4) is 0 Å². The highest BCUT2D eigenvalue weighted by Crippen LogP contribution is 2.18. The molecule has 2 atom stereocenters. The van der Waals surface area contributed by atoms with Crippen LogP contribution in [0.5, 0.6) is 0 Å². The lowest BCUT2D eigenvalue weighted by Crippen LogP contribution is -2.45. The van der Waals surface area contributed by atoms with Gasteiger partial charge in [0.25, 0.3) is 0 Å². The first-order valence-corrected chi connectivity index (χ1v) is 7.78. The van der Waals surface area contributed by atoms with Crippen LogP contribution >= 0.6 is 15.9 Å². The maximum atomic E-state index is 12.1. The zero-order chi connectivity index (χ0) is 15.2. The maximum absolute atomic E-state index is 12.1. The largest absolute Gasteiger partial charge is 0.480 e. The standard InChI is InChI=1S/C16H18BrNO3/c17-13-8-6-11(7-9-13)10-14(16(20)21)18-15(19)12-4-2-1-3-5-12/h1-2,6-9,12,14H,3-5,10H2,(H,18,19)(H,20,21)/t12?,14-/m1/s1. The molecule has 2 rings (SSSR count). The van der Waals surface area contributed by atoms with E-state index in [-0.39, 0.29) is 18.2 Å². The minimum Gasteiger partial charge on any atom is -0.480 e. The molecule has 0 aliphatic heterocycles. The Morgan fingerprint density at radius 2 is 2.00 bits per heavy atom. The maximum Gasteiger partial charge on any atom is 0.326 e. The van der Waals surface area contributed by atoms with E-state index in [1.165, 1.54) is 0 Å². The molecule has 0 saturated carbocycles. The SMILES string of the molecule is O=C(N[C@H](Cc1ccc(Br)cc1)C(=O)O)C1CC=CCC1. The van der Waals surface area contributed by atoms with E-state index < -0.39 is 12.0 Å². The van der Waals surface area contributed by atoms with Crippen molar-refractivity contribution in [3.05, 3.63) is 46.5 Å². The fraction of sp³-hybridized carbons (Fsp3) is 0.375. The van der Waals surface area contributed by atoms with Gasteiger partial charge < -0.3 is 10.4 Å². The zero-order valence-corrected chi connectivity index (χ0v) is 13.2. The number of carbonyl (C=O) groups excluding carboxylic acids is 1. The molecule has 112 valence electrons. The first-order chi connectivity index (χ1) is 10.1. The first-order valence-electron chi connectivity index (χ1n) is 6.99. The van der Waals surface area contributed by atoms with Crippen LogP contribution in [0.1, 0.15) is 24.8 Å². The number of aliphatic carboxylic acids is 1. The van der Waals surface area contributed by atoms with Gasteiger partial charge in [-0.3, -0.25) is 4.79 Å². The molecule has 4 nitrogen and oxygen atoms in total. The van der Waals surface area contributed by atoms with Crippen molar-refractivity contribution in [1.29, 1.82) is 0 Å². The molecule has 1 amide bonds. The molecule has 1 aliphatic carbocycles. The van der Waals surface area contributed by atoms with Gasteiger partial charge in [-0.05, 0) is 37.0 Å². The number of carboxylic acids is 1. The molecule has 5 heteroatoms. The van der Waals surface area contributed by atoms with Crippen molar-refractivity contribution >= 4 is 27.8 Å². The summed E-state index contributed by atoms with van der Waals surface area (Å²) < 4.78 is 0.941. The van der Waals surface area contributed by atoms with Crippen molar-refractivity contribution in [1.82, 2.24) is 5.32 Å². The number of carbonyl (C=O) groups is 2. The topological polar surface area (TPSA) is 66.4 Å². The Kier molecular flexibility index (Phi) is 5.56. The van der Waals surface area contributed by atoms with E-state index in [1.54, 1.807) is 0 Å². The summed E-state index contributed by atoms with van der Waals surface area (Å²) in [6.07, 6.45) is 6.68. The quantitative estimate of drug-likeness (QED) is 0.801. The summed E-state index contributed by atoms with van der Waals surface area (Å²) in [6.45, 7) is 0. The highest BCUT2D eigenvalue weighted by molar-refractivity contribution is 9.10. The monoisotopic (exact) mass is 351 g/mol. The molecular weight excluding hydrogens is 334 g/mol. The molecule has 0 spiro atoms. The summed E-state index contributed by atoms with van der Waals surface area (Å²) in [5, 5.41) is 12.0. The van der Waals surface area contributed by atoms with Gasteiger partial charge in [0.1, 0.15) is 6.04 Å². The van der Waals surface area contributed by atoms with E-state index in [4.69, 9.17) is 0 Å². The van der Waals surface area contributed by atoms with E-state index in [1.807, 2.05) is 30.3 Å². The third-order valence-corrected chi connectivity index (χ3v) is 4.14. The number of rotatable bonds is 5. The summed E-state index contributed by atoms with van der Waals surface area (Å²) in [7, 11) is 0. The molecule has 1 aromatic rings. The Morgan fingerprint density at radius 1 is 1.29 bits per heavy atom. The van der Waals surface area contributed by atoms with Crippen molar-refractivity contribution in [3.8, 4) is 0 Å². The van der Waals surface area contributed by atoms with Crippen LogP contribution in [0, 0.1) is 5.92 Å². The molecule has 0 heterocycles. The number of nitrogens with one attached hydrogen (secondary N) is 1. The number of allylic oxidation sites excluding steroid dienone is 2. The van der Waals surface area contributed by atoms with Crippen LogP contribution in [0.15, 0.2) is 40.9 Å². The summed E-state index contributed by atoms with van der Waals surface area (Å²) in [5.74, 6) is -1.27. The fourth-order valence-electron chi connectivity index (χ4n) is 2.38. The van der Waals surface area contributed by atoms with Crippen LogP contribution < -0.4 is 5.32 Å². The minimum atomic E-state index is -1.00. The number of hydrogen-bond acceptors (Lipinski definition) is 2. The first kappa shape index (κ1) is 15.8. The third kappa shape index (κ3) is 4.70. The van der Waals surface area contributed by atoms with Gasteiger partial charge in [0.15, 0.2) is 0 Å². The van der Waals surface area contributed by atoms with Gasteiger partial charge >= 0.3 is 5.97 Å². The summed E-state index contributed by atoms with van der Waals surface area (Å²) in [6, 6.07) is 6.55. The van der Waals surface area contributed by atoms with E-state index in [2.05, 4.69) is 27.3 Å². The Hall–Kier alpha value is -1.62. The molecule has 1 aromatic carbocycles. The molecular formula is C16H18BrNO3. The molecule has 0 saturated heterocycles. The average molecular weight is 352 g/mol. The van der Waals surface area contributed by atoms with Crippen molar-refractivity contribution in [2.45, 2.75) is 31.7 Å². The number of benzene rings is 1. The Labute approximate surface area is 132 Å².